The zero-order chi connectivity index (χ0) is 15.3. The molecule has 0 radical (unpaired) electrons. The highest BCUT2D eigenvalue weighted by atomic mass is 19.4. The van der Waals surface area contributed by atoms with Crippen molar-refractivity contribution in [2.75, 3.05) is 32.1 Å². The van der Waals surface area contributed by atoms with E-state index in [4.69, 9.17) is 5.11 Å². The molecule has 0 aliphatic heterocycles. The van der Waals surface area contributed by atoms with Gasteiger partial charge in [0, 0.05) is 20.1 Å². The summed E-state index contributed by atoms with van der Waals surface area (Å²) in [6.45, 7) is 1.83. The minimum Gasteiger partial charge on any atom is -0.395 e. The number of anilines is 1. The summed E-state index contributed by atoms with van der Waals surface area (Å²) in [5.74, 6) is -0.544. The quantitative estimate of drug-likeness (QED) is 0.874. The average Bonchev–Trinajstić information content (AvgIpc) is 2.42. The summed E-state index contributed by atoms with van der Waals surface area (Å²) in [6, 6.07) is 3.46. The molecule has 0 aliphatic rings. The van der Waals surface area contributed by atoms with E-state index in [1.807, 2.05) is 0 Å². The van der Waals surface area contributed by atoms with Crippen LogP contribution in [0.2, 0.25) is 0 Å². The van der Waals surface area contributed by atoms with Crippen molar-refractivity contribution in [2.45, 2.75) is 13.1 Å². The maximum absolute atomic E-state index is 12.9. The molecule has 4 nitrogen and oxygen atoms in total. The molecule has 0 unspecified atom stereocenters. The third kappa shape index (κ3) is 3.41. The highest BCUT2D eigenvalue weighted by Crippen LogP contribution is 2.36. The molecule has 1 aromatic carbocycles. The van der Waals surface area contributed by atoms with Crippen molar-refractivity contribution in [3.05, 3.63) is 29.3 Å². The maximum atomic E-state index is 12.9. The number of rotatable bonds is 5. The van der Waals surface area contributed by atoms with Gasteiger partial charge in [-0.3, -0.25) is 4.79 Å². The Morgan fingerprint density at radius 2 is 2.05 bits per heavy atom. The van der Waals surface area contributed by atoms with Crippen LogP contribution in [0.15, 0.2) is 18.2 Å². The van der Waals surface area contributed by atoms with Crippen molar-refractivity contribution in [3.8, 4) is 0 Å². The number of nitrogens with zero attached hydrogens (tertiary/aromatic N) is 1. The number of aliphatic hydroxyl groups is 1. The molecule has 0 atom stereocenters. The summed E-state index contributed by atoms with van der Waals surface area (Å²) in [7, 11) is 1.34. The molecule has 0 spiro atoms. The van der Waals surface area contributed by atoms with Gasteiger partial charge in [0.05, 0.1) is 23.4 Å². The summed E-state index contributed by atoms with van der Waals surface area (Å²) in [6.07, 6.45) is -4.54. The van der Waals surface area contributed by atoms with E-state index in [0.717, 1.165) is 6.07 Å². The molecule has 0 heterocycles. The lowest BCUT2D eigenvalue weighted by molar-refractivity contribution is -0.136. The Morgan fingerprint density at radius 3 is 2.50 bits per heavy atom. The first-order valence-corrected chi connectivity index (χ1v) is 6.14. The van der Waals surface area contributed by atoms with E-state index in [2.05, 4.69) is 5.32 Å². The lowest BCUT2D eigenvalue weighted by Crippen LogP contribution is -2.34. The third-order valence-corrected chi connectivity index (χ3v) is 2.89. The second-order valence-corrected chi connectivity index (χ2v) is 4.08. The molecule has 0 fully saturated rings. The van der Waals surface area contributed by atoms with E-state index in [1.54, 1.807) is 6.92 Å². The molecule has 0 saturated carbocycles. The molecule has 0 aromatic heterocycles. The summed E-state index contributed by atoms with van der Waals surface area (Å²) < 4.78 is 38.7. The fraction of sp³-hybridized carbons (Fsp3) is 0.462. The summed E-state index contributed by atoms with van der Waals surface area (Å²) in [5, 5.41) is 11.3. The van der Waals surface area contributed by atoms with E-state index >= 15 is 0 Å². The molecule has 112 valence electrons. The predicted octanol–water partition coefficient (Wildman–Crippen LogP) is 2.20. The van der Waals surface area contributed by atoms with Gasteiger partial charge in [-0.15, -0.1) is 0 Å². The van der Waals surface area contributed by atoms with Crippen molar-refractivity contribution < 1.29 is 23.1 Å². The van der Waals surface area contributed by atoms with Gasteiger partial charge in [-0.25, -0.2) is 0 Å². The van der Waals surface area contributed by atoms with Gasteiger partial charge in [0.15, 0.2) is 0 Å². The van der Waals surface area contributed by atoms with Crippen molar-refractivity contribution in [3.63, 3.8) is 0 Å². The Morgan fingerprint density at radius 1 is 1.40 bits per heavy atom. The molecular formula is C13H17F3N2O2. The number of aliphatic hydroxyl groups excluding tert-OH is 1. The summed E-state index contributed by atoms with van der Waals surface area (Å²) in [5.41, 5.74) is -1.19. The van der Waals surface area contributed by atoms with Crippen molar-refractivity contribution in [2.24, 2.45) is 0 Å². The number of alkyl halides is 3. The molecule has 1 amide bonds. The van der Waals surface area contributed by atoms with Crippen LogP contribution in [0.3, 0.4) is 0 Å². The van der Waals surface area contributed by atoms with Crippen LogP contribution in [0.5, 0.6) is 0 Å². The minimum absolute atomic E-state index is 0.0578. The molecule has 0 bridgehead atoms. The van der Waals surface area contributed by atoms with E-state index in [0.29, 0.717) is 6.54 Å². The van der Waals surface area contributed by atoms with Crippen molar-refractivity contribution >= 4 is 11.6 Å². The van der Waals surface area contributed by atoms with Gasteiger partial charge in [-0.2, -0.15) is 13.2 Å². The Labute approximate surface area is 115 Å². The number of benzene rings is 1. The summed E-state index contributed by atoms with van der Waals surface area (Å²) >= 11 is 0. The van der Waals surface area contributed by atoms with Gasteiger partial charge in [0.25, 0.3) is 5.91 Å². The van der Waals surface area contributed by atoms with E-state index in [-0.39, 0.29) is 24.4 Å². The first kappa shape index (κ1) is 16.3. The van der Waals surface area contributed by atoms with Crippen LogP contribution in [0.4, 0.5) is 18.9 Å². The number of carbonyl (C=O) groups excluding carboxylic acids is 1. The summed E-state index contributed by atoms with van der Waals surface area (Å²) in [4.78, 5) is 13.5. The fourth-order valence-electron chi connectivity index (χ4n) is 1.93. The molecule has 20 heavy (non-hydrogen) atoms. The largest absolute Gasteiger partial charge is 0.418 e. The monoisotopic (exact) mass is 290 g/mol. The van der Waals surface area contributed by atoms with Crippen LogP contribution >= 0.6 is 0 Å². The lowest BCUT2D eigenvalue weighted by atomic mass is 10.1. The van der Waals surface area contributed by atoms with E-state index in [1.165, 1.54) is 24.1 Å². The number of hydrogen-bond acceptors (Lipinski definition) is 3. The van der Waals surface area contributed by atoms with Crippen LogP contribution in [0.25, 0.3) is 0 Å². The first-order chi connectivity index (χ1) is 9.36. The number of likely N-dealkylation sites (N-methyl/N-ethyl adjacent to an activating group) is 1. The van der Waals surface area contributed by atoms with Gasteiger partial charge in [-0.05, 0) is 19.1 Å². The molecule has 1 aromatic rings. The van der Waals surface area contributed by atoms with E-state index in [9.17, 15) is 18.0 Å². The third-order valence-electron chi connectivity index (χ3n) is 2.89. The number of para-hydroxylation sites is 1. The topological polar surface area (TPSA) is 52.6 Å². The molecular weight excluding hydrogens is 273 g/mol. The Hall–Kier alpha value is -1.76. The number of amides is 1. The number of carbonyl (C=O) groups is 1. The second-order valence-electron chi connectivity index (χ2n) is 4.08. The van der Waals surface area contributed by atoms with Crippen molar-refractivity contribution in [1.29, 1.82) is 0 Å². The molecule has 7 heteroatoms. The van der Waals surface area contributed by atoms with Crippen LogP contribution in [-0.4, -0.2) is 42.7 Å². The zero-order valence-electron chi connectivity index (χ0n) is 11.3. The predicted molar refractivity (Wildman–Crippen MR) is 69.7 cm³/mol. The smallest absolute Gasteiger partial charge is 0.395 e. The molecule has 1 rings (SSSR count). The number of nitrogens with one attached hydrogen (secondary N) is 1. The number of halogens is 3. The van der Waals surface area contributed by atoms with Gasteiger partial charge in [0.2, 0.25) is 0 Å². The Kier molecular flexibility index (Phi) is 5.38. The van der Waals surface area contributed by atoms with Crippen LogP contribution in [0.1, 0.15) is 22.8 Å². The van der Waals surface area contributed by atoms with Crippen LogP contribution in [0, 0.1) is 0 Å². The van der Waals surface area contributed by atoms with Gasteiger partial charge in [-0.1, -0.05) is 6.07 Å². The minimum atomic E-state index is -4.54. The second kappa shape index (κ2) is 6.60. The standard InChI is InChI=1S/C13H17F3N2O2/c1-3-18(7-8-19)12(20)9-5-4-6-10(11(9)17-2)13(14,15)16/h4-6,17,19H,3,7-8H2,1-2H3. The average molecular weight is 290 g/mol. The number of hydrogen-bond donors (Lipinski definition) is 2. The SMILES string of the molecule is CCN(CCO)C(=O)c1cccc(C(F)(F)F)c1NC. The molecule has 2 N–H and O–H groups in total. The van der Waals surface area contributed by atoms with Crippen molar-refractivity contribution in [1.82, 2.24) is 4.90 Å². The van der Waals surface area contributed by atoms with Gasteiger partial charge in [0.1, 0.15) is 0 Å². The maximum Gasteiger partial charge on any atom is 0.418 e. The van der Waals surface area contributed by atoms with Crippen LogP contribution in [-0.2, 0) is 6.18 Å². The Balaban J connectivity index is 3.28. The molecule has 0 saturated heterocycles. The van der Waals surface area contributed by atoms with Gasteiger partial charge >= 0.3 is 6.18 Å². The van der Waals surface area contributed by atoms with Crippen LogP contribution < -0.4 is 5.32 Å². The molecule has 0 aliphatic carbocycles. The lowest BCUT2D eigenvalue weighted by Gasteiger charge is -2.22. The zero-order valence-corrected chi connectivity index (χ0v) is 11.3. The van der Waals surface area contributed by atoms with Gasteiger partial charge < -0.3 is 15.3 Å². The Bertz CT molecular complexity index is 475. The normalized spacial score (nSPS) is 11.3. The highest BCUT2D eigenvalue weighted by molar-refractivity contribution is 6.00. The fourth-order valence-corrected chi connectivity index (χ4v) is 1.93. The first-order valence-electron chi connectivity index (χ1n) is 6.14. The highest BCUT2D eigenvalue weighted by Gasteiger charge is 2.35. The van der Waals surface area contributed by atoms with E-state index < -0.39 is 17.6 Å².